The maximum absolute atomic E-state index is 6.17. The molecule has 39 heavy (non-hydrogen) atoms. The molecule has 0 aliphatic rings. The molecule has 0 saturated heterocycles. The molecule has 0 aliphatic heterocycles. The molecule has 0 amide bonds. The van der Waals surface area contributed by atoms with Crippen molar-refractivity contribution in [1.29, 1.82) is 0 Å². The van der Waals surface area contributed by atoms with Crippen molar-refractivity contribution < 1.29 is 4.42 Å². The van der Waals surface area contributed by atoms with Gasteiger partial charge in [-0.3, -0.25) is 0 Å². The van der Waals surface area contributed by atoms with Crippen LogP contribution in [0, 0.1) is 0 Å². The summed E-state index contributed by atoms with van der Waals surface area (Å²) in [7, 11) is 0. The van der Waals surface area contributed by atoms with Crippen LogP contribution in [0.5, 0.6) is 0 Å². The Bertz CT molecular complexity index is 2350. The Labute approximate surface area is 227 Å². The molecule has 0 saturated carbocycles. The average molecular weight is 516 g/mol. The Hall–Kier alpha value is -4.86. The van der Waals surface area contributed by atoms with Crippen LogP contribution in [-0.2, 0) is 0 Å². The number of benzene rings is 6. The highest BCUT2D eigenvalue weighted by Gasteiger charge is 2.15. The minimum absolute atomic E-state index is 0.930. The Morgan fingerprint density at radius 2 is 1.21 bits per heavy atom. The molecule has 6 aromatic carbocycles. The van der Waals surface area contributed by atoms with Crippen LogP contribution in [0.15, 0.2) is 132 Å². The third kappa shape index (κ3) is 2.96. The van der Waals surface area contributed by atoms with Gasteiger partial charge in [-0.15, -0.1) is 11.3 Å². The van der Waals surface area contributed by atoms with E-state index >= 15 is 0 Å². The number of thiophene rings is 1. The third-order valence-corrected chi connectivity index (χ3v) is 9.14. The first-order valence-electron chi connectivity index (χ1n) is 13.2. The first-order chi connectivity index (χ1) is 19.3. The first kappa shape index (κ1) is 21.1. The van der Waals surface area contributed by atoms with Gasteiger partial charge in [0.15, 0.2) is 0 Å². The number of furan rings is 1. The van der Waals surface area contributed by atoms with Crippen molar-refractivity contribution in [2.24, 2.45) is 0 Å². The molecule has 3 heterocycles. The normalized spacial score (nSPS) is 12.1. The SMILES string of the molecule is c1ccc2c(c1)oc1cccc(-c3ccc4sc5cc(-n6c7ccccc7c7ccccc76)ccc5c4c3)c12. The predicted molar refractivity (Wildman–Crippen MR) is 166 cm³/mol. The van der Waals surface area contributed by atoms with E-state index < -0.39 is 0 Å². The maximum atomic E-state index is 6.17. The van der Waals surface area contributed by atoms with Gasteiger partial charge in [0.2, 0.25) is 0 Å². The van der Waals surface area contributed by atoms with Crippen LogP contribution in [-0.4, -0.2) is 4.57 Å². The zero-order valence-electron chi connectivity index (χ0n) is 20.9. The summed E-state index contributed by atoms with van der Waals surface area (Å²) in [4.78, 5) is 0. The number of para-hydroxylation sites is 3. The van der Waals surface area contributed by atoms with Gasteiger partial charge in [0.25, 0.3) is 0 Å². The molecule has 9 rings (SSSR count). The molecule has 0 radical (unpaired) electrons. The molecule has 3 heteroatoms. The maximum Gasteiger partial charge on any atom is 0.136 e. The molecular weight excluding hydrogens is 494 g/mol. The fraction of sp³-hybridized carbons (Fsp3) is 0. The standard InChI is InChI=1S/C36H21NOS/c1-4-12-30-25(8-1)26-9-2-5-13-31(26)37(30)23-17-18-27-29-20-22(16-19-34(29)39-35(27)21-23)24-11-7-15-33-36(24)28-10-3-6-14-32(28)38-33/h1-21H. The molecule has 0 aliphatic carbocycles. The van der Waals surface area contributed by atoms with Crippen molar-refractivity contribution in [2.75, 3.05) is 0 Å². The van der Waals surface area contributed by atoms with Crippen LogP contribution in [0.4, 0.5) is 0 Å². The van der Waals surface area contributed by atoms with Crippen LogP contribution in [0.1, 0.15) is 0 Å². The monoisotopic (exact) mass is 515 g/mol. The zero-order chi connectivity index (χ0) is 25.5. The van der Waals surface area contributed by atoms with Crippen molar-refractivity contribution >= 4 is 75.3 Å². The number of hydrogen-bond donors (Lipinski definition) is 0. The summed E-state index contributed by atoms with van der Waals surface area (Å²) >= 11 is 1.86. The van der Waals surface area contributed by atoms with Gasteiger partial charge in [-0.2, -0.15) is 0 Å². The van der Waals surface area contributed by atoms with E-state index in [1.165, 1.54) is 64.2 Å². The third-order valence-electron chi connectivity index (χ3n) is 8.01. The van der Waals surface area contributed by atoms with E-state index in [-0.39, 0.29) is 0 Å². The Balaban J connectivity index is 1.26. The lowest BCUT2D eigenvalue weighted by atomic mass is 9.98. The molecule has 0 bridgehead atoms. The highest BCUT2D eigenvalue weighted by molar-refractivity contribution is 7.25. The van der Waals surface area contributed by atoms with E-state index in [1.807, 2.05) is 23.5 Å². The van der Waals surface area contributed by atoms with Crippen molar-refractivity contribution in [1.82, 2.24) is 4.57 Å². The van der Waals surface area contributed by atoms with Crippen molar-refractivity contribution in [3.05, 3.63) is 127 Å². The van der Waals surface area contributed by atoms with Crippen LogP contribution in [0.3, 0.4) is 0 Å². The van der Waals surface area contributed by atoms with Crippen molar-refractivity contribution in [3.8, 4) is 16.8 Å². The van der Waals surface area contributed by atoms with Gasteiger partial charge in [0.05, 0.1) is 11.0 Å². The molecule has 0 atom stereocenters. The van der Waals surface area contributed by atoms with Crippen LogP contribution >= 0.6 is 11.3 Å². The minimum Gasteiger partial charge on any atom is -0.456 e. The number of nitrogens with zero attached hydrogens (tertiary/aromatic N) is 1. The van der Waals surface area contributed by atoms with Gasteiger partial charge in [-0.25, -0.2) is 0 Å². The molecular formula is C36H21NOS. The summed E-state index contributed by atoms with van der Waals surface area (Å²) in [6.45, 7) is 0. The molecule has 9 aromatic rings. The molecule has 0 N–H and O–H groups in total. The van der Waals surface area contributed by atoms with Crippen LogP contribution < -0.4 is 0 Å². The Morgan fingerprint density at radius 3 is 2.03 bits per heavy atom. The van der Waals surface area contributed by atoms with E-state index in [0.717, 1.165) is 16.6 Å². The van der Waals surface area contributed by atoms with Gasteiger partial charge in [0.1, 0.15) is 11.2 Å². The van der Waals surface area contributed by atoms with E-state index in [0.29, 0.717) is 0 Å². The highest BCUT2D eigenvalue weighted by Crippen LogP contribution is 2.41. The smallest absolute Gasteiger partial charge is 0.136 e. The second-order valence-electron chi connectivity index (χ2n) is 10.1. The predicted octanol–water partition coefficient (Wildman–Crippen LogP) is 10.7. The first-order valence-corrected chi connectivity index (χ1v) is 14.0. The van der Waals surface area contributed by atoms with Crippen molar-refractivity contribution in [3.63, 3.8) is 0 Å². The molecule has 0 spiro atoms. The van der Waals surface area contributed by atoms with Crippen molar-refractivity contribution in [2.45, 2.75) is 0 Å². The Morgan fingerprint density at radius 1 is 0.487 bits per heavy atom. The van der Waals surface area contributed by atoms with Crippen LogP contribution in [0.25, 0.3) is 80.7 Å². The lowest BCUT2D eigenvalue weighted by Crippen LogP contribution is -1.92. The second-order valence-corrected chi connectivity index (χ2v) is 11.2. The van der Waals surface area contributed by atoms with Gasteiger partial charge >= 0.3 is 0 Å². The molecule has 0 unspecified atom stereocenters. The molecule has 182 valence electrons. The topological polar surface area (TPSA) is 18.1 Å². The van der Waals surface area contributed by atoms with E-state index in [4.69, 9.17) is 4.42 Å². The fourth-order valence-electron chi connectivity index (χ4n) is 6.29. The van der Waals surface area contributed by atoms with Gasteiger partial charge in [0, 0.05) is 47.4 Å². The van der Waals surface area contributed by atoms with Gasteiger partial charge in [-0.05, 0) is 59.7 Å². The largest absolute Gasteiger partial charge is 0.456 e. The van der Waals surface area contributed by atoms with Gasteiger partial charge in [-0.1, -0.05) is 78.9 Å². The zero-order valence-corrected chi connectivity index (χ0v) is 21.7. The van der Waals surface area contributed by atoms with Crippen LogP contribution in [0.2, 0.25) is 0 Å². The highest BCUT2D eigenvalue weighted by atomic mass is 32.1. The summed E-state index contributed by atoms with van der Waals surface area (Å²) in [6.07, 6.45) is 0. The van der Waals surface area contributed by atoms with Gasteiger partial charge < -0.3 is 8.98 Å². The second kappa shape index (κ2) is 7.83. The van der Waals surface area contributed by atoms with E-state index in [9.17, 15) is 0 Å². The number of rotatable bonds is 2. The average Bonchev–Trinajstić information content (AvgIpc) is 3.65. The molecule has 0 fully saturated rings. The number of fused-ring (bicyclic) bond motifs is 9. The van der Waals surface area contributed by atoms with E-state index in [2.05, 4.69) is 120 Å². The summed E-state index contributed by atoms with van der Waals surface area (Å²) < 4.78 is 11.2. The number of aromatic nitrogens is 1. The summed E-state index contributed by atoms with van der Waals surface area (Å²) in [5, 5.41) is 7.51. The Kier molecular flexibility index (Phi) is 4.24. The summed E-state index contributed by atoms with van der Waals surface area (Å²) in [5.41, 5.74) is 7.95. The quantitative estimate of drug-likeness (QED) is 0.224. The lowest BCUT2D eigenvalue weighted by Gasteiger charge is -2.08. The van der Waals surface area contributed by atoms with E-state index in [1.54, 1.807) is 0 Å². The summed E-state index contributed by atoms with van der Waals surface area (Å²) in [5.74, 6) is 0. The molecule has 3 aromatic heterocycles. The number of hydrogen-bond acceptors (Lipinski definition) is 2. The summed E-state index contributed by atoms with van der Waals surface area (Å²) in [6, 6.07) is 45.8. The molecule has 2 nitrogen and oxygen atoms in total. The fourth-order valence-corrected chi connectivity index (χ4v) is 7.41. The minimum atomic E-state index is 0.930. The lowest BCUT2D eigenvalue weighted by molar-refractivity contribution is 0.669.